The second-order valence-electron chi connectivity index (χ2n) is 6.88. The molecule has 0 aromatic heterocycles. The van der Waals surface area contributed by atoms with E-state index in [1.165, 1.54) is 17.6 Å². The average molecular weight is 501 g/mol. The monoisotopic (exact) mass is 500 g/mol. The van der Waals surface area contributed by atoms with Gasteiger partial charge in [0, 0.05) is 29.6 Å². The molecule has 2 N–H and O–H groups in total. The van der Waals surface area contributed by atoms with Gasteiger partial charge in [-0.05, 0) is 37.1 Å². The number of benzene rings is 1. The van der Waals surface area contributed by atoms with Crippen LogP contribution in [0.2, 0.25) is 0 Å². The number of allylic oxidation sites excluding steroid dienone is 2. The van der Waals surface area contributed by atoms with E-state index in [0.717, 1.165) is 16.4 Å². The molecule has 3 rings (SSSR count). The van der Waals surface area contributed by atoms with E-state index in [1.807, 2.05) is 0 Å². The summed E-state index contributed by atoms with van der Waals surface area (Å²) >= 11 is 12.0. The zero-order valence-electron chi connectivity index (χ0n) is 15.7. The third kappa shape index (κ3) is 5.01. The van der Waals surface area contributed by atoms with Crippen LogP contribution in [0.4, 0.5) is 13.2 Å². The van der Waals surface area contributed by atoms with Gasteiger partial charge in [0.05, 0.1) is 11.1 Å². The lowest BCUT2D eigenvalue weighted by atomic mass is 10.1. The predicted molar refractivity (Wildman–Crippen MR) is 106 cm³/mol. The van der Waals surface area contributed by atoms with Gasteiger partial charge < -0.3 is 4.74 Å². The number of hydrogen-bond donors (Lipinski definition) is 2. The second-order valence-corrected chi connectivity index (χ2v) is 9.66. The Morgan fingerprint density at radius 2 is 1.71 bits per heavy atom. The Bertz CT molecular complexity index is 1030. The van der Waals surface area contributed by atoms with Gasteiger partial charge in [0.2, 0.25) is 10.0 Å². The molecule has 1 heterocycles. The number of sulfonamides is 1. The van der Waals surface area contributed by atoms with Crippen molar-refractivity contribution >= 4 is 39.1 Å². The number of carbonyl (C=O) groups is 1. The largest absolute Gasteiger partial charge is 0.490 e. The zero-order valence-corrected chi connectivity index (χ0v) is 18.1. The van der Waals surface area contributed by atoms with Crippen LogP contribution in [-0.2, 0) is 21.0 Å². The number of rotatable bonds is 5. The molecule has 0 saturated carbocycles. The number of nitrogens with one attached hydrogen (secondary N) is 1. The number of carbonyl (C=O) groups excluding carboxylic acids is 1. The summed E-state index contributed by atoms with van der Waals surface area (Å²) < 4.78 is 70.8. The average Bonchev–Trinajstić information content (AvgIpc) is 3.02. The number of nitrogens with zero attached hydrogens (tertiary/aromatic N) is 1. The number of alkyl halides is 3. The molecule has 1 aliphatic carbocycles. The fourth-order valence-electron chi connectivity index (χ4n) is 3.35. The normalized spacial score (nSPS) is 19.2. The molecule has 1 fully saturated rings. The fourth-order valence-corrected chi connectivity index (χ4v) is 6.08. The number of ether oxygens (including phenoxy) is 1. The maximum atomic E-state index is 13.1. The van der Waals surface area contributed by atoms with E-state index in [1.54, 1.807) is 0 Å². The van der Waals surface area contributed by atoms with E-state index in [-0.39, 0.29) is 48.2 Å². The van der Waals surface area contributed by atoms with Crippen LogP contribution in [-0.4, -0.2) is 43.0 Å². The summed E-state index contributed by atoms with van der Waals surface area (Å²) in [5, 5.41) is 8.65. The minimum absolute atomic E-state index is 0.0347. The molecule has 1 saturated heterocycles. The molecule has 1 aliphatic heterocycles. The molecule has 13 heteroatoms. The van der Waals surface area contributed by atoms with Gasteiger partial charge in [0.1, 0.15) is 16.8 Å². The Balaban J connectivity index is 1.68. The van der Waals surface area contributed by atoms with Crippen molar-refractivity contribution in [2.45, 2.75) is 31.5 Å². The van der Waals surface area contributed by atoms with Crippen LogP contribution in [0.3, 0.4) is 0 Å². The zero-order chi connectivity index (χ0) is 23.0. The summed E-state index contributed by atoms with van der Waals surface area (Å²) in [4.78, 5) is 11.4. The van der Waals surface area contributed by atoms with Crippen molar-refractivity contribution in [2.75, 3.05) is 13.1 Å². The predicted octanol–water partition coefficient (Wildman–Crippen LogP) is 3.73. The summed E-state index contributed by atoms with van der Waals surface area (Å²) in [7, 11) is -4.18. The first-order chi connectivity index (χ1) is 14.4. The van der Waals surface area contributed by atoms with Gasteiger partial charge in [-0.2, -0.15) is 17.5 Å². The first-order valence-electron chi connectivity index (χ1n) is 9.01. The molecule has 170 valence electrons. The highest BCUT2D eigenvalue weighted by molar-refractivity contribution is 7.93. The van der Waals surface area contributed by atoms with Crippen molar-refractivity contribution in [3.05, 3.63) is 50.4 Å². The SMILES string of the molecule is O=C(NO)C1=C(Cl)CC(Cl)=C1S(=O)(=O)N1CCC(Oc2ccc(C(F)(F)F)cc2)CC1. The molecule has 1 aromatic rings. The number of piperidine rings is 1. The molecule has 0 bridgehead atoms. The Hall–Kier alpha value is -1.79. The molecule has 1 aromatic carbocycles. The van der Waals surface area contributed by atoms with Crippen LogP contribution in [0, 0.1) is 0 Å². The summed E-state index contributed by atoms with van der Waals surface area (Å²) in [5.74, 6) is -0.841. The number of hydrogen-bond acceptors (Lipinski definition) is 5. The molecule has 0 radical (unpaired) electrons. The van der Waals surface area contributed by atoms with Gasteiger partial charge in [-0.15, -0.1) is 0 Å². The third-order valence-corrected chi connectivity index (χ3v) is 7.64. The Labute approximate surface area is 186 Å². The van der Waals surface area contributed by atoms with Crippen LogP contribution in [0.25, 0.3) is 0 Å². The molecule has 0 unspecified atom stereocenters. The van der Waals surface area contributed by atoms with Crippen molar-refractivity contribution in [1.82, 2.24) is 9.79 Å². The third-order valence-electron chi connectivity index (χ3n) is 4.87. The van der Waals surface area contributed by atoms with Crippen molar-refractivity contribution in [1.29, 1.82) is 0 Å². The van der Waals surface area contributed by atoms with Crippen LogP contribution in [0.5, 0.6) is 5.75 Å². The summed E-state index contributed by atoms with van der Waals surface area (Å²) in [6, 6.07) is 4.24. The molecule has 0 spiro atoms. The van der Waals surface area contributed by atoms with Gasteiger partial charge in [-0.3, -0.25) is 10.0 Å². The fraction of sp³-hybridized carbons (Fsp3) is 0.389. The van der Waals surface area contributed by atoms with E-state index >= 15 is 0 Å². The van der Waals surface area contributed by atoms with Gasteiger partial charge in [-0.25, -0.2) is 13.9 Å². The van der Waals surface area contributed by atoms with Crippen LogP contribution in [0.1, 0.15) is 24.8 Å². The molecule has 0 atom stereocenters. The van der Waals surface area contributed by atoms with E-state index < -0.39 is 44.3 Å². The standard InChI is InChI=1S/C18H17Cl2F3N2O5S/c19-13-9-14(20)16(15(13)17(26)24-27)31(28,29)25-7-5-12(6-8-25)30-11-3-1-10(2-4-11)18(21,22)23/h1-4,12,27H,5-9H2,(H,24,26). The minimum Gasteiger partial charge on any atom is -0.490 e. The minimum atomic E-state index is -4.45. The topological polar surface area (TPSA) is 95.9 Å². The summed E-state index contributed by atoms with van der Waals surface area (Å²) in [6.07, 6.45) is -4.46. The van der Waals surface area contributed by atoms with Crippen molar-refractivity contribution in [3.8, 4) is 5.75 Å². The van der Waals surface area contributed by atoms with Crippen molar-refractivity contribution in [3.63, 3.8) is 0 Å². The smallest absolute Gasteiger partial charge is 0.416 e. The first-order valence-corrected chi connectivity index (χ1v) is 11.2. The van der Waals surface area contributed by atoms with Crippen LogP contribution in [0.15, 0.2) is 44.8 Å². The maximum absolute atomic E-state index is 13.1. The van der Waals surface area contributed by atoms with E-state index in [9.17, 15) is 26.4 Å². The van der Waals surface area contributed by atoms with Gasteiger partial charge in [0.15, 0.2) is 0 Å². The highest BCUT2D eigenvalue weighted by Crippen LogP contribution is 2.41. The van der Waals surface area contributed by atoms with E-state index in [4.69, 9.17) is 33.1 Å². The number of halogens is 5. The second kappa shape index (κ2) is 8.99. The highest BCUT2D eigenvalue weighted by Gasteiger charge is 2.41. The lowest BCUT2D eigenvalue weighted by Crippen LogP contribution is -2.43. The highest BCUT2D eigenvalue weighted by atomic mass is 35.5. The lowest BCUT2D eigenvalue weighted by molar-refractivity contribution is -0.137. The van der Waals surface area contributed by atoms with Gasteiger partial charge in [0.25, 0.3) is 5.91 Å². The summed E-state index contributed by atoms with van der Waals surface area (Å²) in [6.45, 7) is 0.0693. The molecular formula is C18H17Cl2F3N2O5S. The molecular weight excluding hydrogens is 484 g/mol. The van der Waals surface area contributed by atoms with E-state index in [0.29, 0.717) is 0 Å². The molecule has 31 heavy (non-hydrogen) atoms. The van der Waals surface area contributed by atoms with Crippen molar-refractivity contribution < 1.29 is 36.3 Å². The number of hydroxylamine groups is 1. The van der Waals surface area contributed by atoms with E-state index in [2.05, 4.69) is 0 Å². The van der Waals surface area contributed by atoms with Crippen LogP contribution < -0.4 is 10.2 Å². The maximum Gasteiger partial charge on any atom is 0.416 e. The molecule has 7 nitrogen and oxygen atoms in total. The summed E-state index contributed by atoms with van der Waals surface area (Å²) in [5.41, 5.74) is 0.163. The Morgan fingerprint density at radius 3 is 2.23 bits per heavy atom. The van der Waals surface area contributed by atoms with Crippen molar-refractivity contribution in [2.24, 2.45) is 0 Å². The first kappa shape index (κ1) is 23.9. The quantitative estimate of drug-likeness (QED) is 0.474. The molecule has 1 amide bonds. The number of amides is 1. The molecule has 2 aliphatic rings. The Kier molecular flexibility index (Phi) is 6.92. The lowest BCUT2D eigenvalue weighted by Gasteiger charge is -2.32. The van der Waals surface area contributed by atoms with Gasteiger partial charge >= 0.3 is 6.18 Å². The van der Waals surface area contributed by atoms with Crippen LogP contribution >= 0.6 is 23.2 Å². The van der Waals surface area contributed by atoms with Gasteiger partial charge in [-0.1, -0.05) is 23.2 Å². The Morgan fingerprint density at radius 1 is 1.13 bits per heavy atom.